The first-order valence-electron chi connectivity index (χ1n) is 6.42. The topological polar surface area (TPSA) is 84.6 Å². The quantitative estimate of drug-likeness (QED) is 0.537. The van der Waals surface area contributed by atoms with Crippen molar-refractivity contribution < 1.29 is 14.6 Å². The summed E-state index contributed by atoms with van der Waals surface area (Å²) in [7, 11) is 1.68. The maximum atomic E-state index is 12.0. The maximum absolute atomic E-state index is 12.0. The summed E-state index contributed by atoms with van der Waals surface area (Å²) in [6.45, 7) is 1.34. The van der Waals surface area contributed by atoms with Gasteiger partial charge in [-0.15, -0.1) is 0 Å². The Labute approximate surface area is 112 Å². The third-order valence-corrected chi connectivity index (χ3v) is 3.70. The van der Waals surface area contributed by atoms with E-state index in [9.17, 15) is 9.90 Å². The van der Waals surface area contributed by atoms with E-state index in [2.05, 4.69) is 5.32 Å². The van der Waals surface area contributed by atoms with Gasteiger partial charge in [0.15, 0.2) is 0 Å². The van der Waals surface area contributed by atoms with Crippen molar-refractivity contribution in [3.05, 3.63) is 23.8 Å². The number of nitrogens with two attached hydrogens (primary N) is 1. The summed E-state index contributed by atoms with van der Waals surface area (Å²) in [4.78, 5) is 12.0. The first kappa shape index (κ1) is 13.7. The van der Waals surface area contributed by atoms with E-state index in [-0.39, 0.29) is 17.1 Å². The van der Waals surface area contributed by atoms with Crippen molar-refractivity contribution in [2.24, 2.45) is 5.41 Å². The molecule has 0 spiro atoms. The van der Waals surface area contributed by atoms with Gasteiger partial charge >= 0.3 is 0 Å². The average Bonchev–Trinajstić information content (AvgIpc) is 3.17. The maximum Gasteiger partial charge on any atom is 0.253 e. The summed E-state index contributed by atoms with van der Waals surface area (Å²) < 4.78 is 5.08. The number of benzene rings is 1. The molecule has 1 saturated carbocycles. The molecule has 104 valence electrons. The fourth-order valence-corrected chi connectivity index (χ4v) is 2.11. The number of ether oxygens (including phenoxy) is 1. The van der Waals surface area contributed by atoms with Gasteiger partial charge < -0.3 is 20.9 Å². The predicted octanol–water partition coefficient (Wildman–Crippen LogP) is 1.52. The smallest absolute Gasteiger partial charge is 0.253 e. The van der Waals surface area contributed by atoms with Crippen LogP contribution in [0.3, 0.4) is 0 Å². The van der Waals surface area contributed by atoms with Crippen LogP contribution in [0.2, 0.25) is 0 Å². The molecule has 4 N–H and O–H groups in total. The Hall–Kier alpha value is -1.75. The van der Waals surface area contributed by atoms with Gasteiger partial charge in [0, 0.05) is 25.9 Å². The average molecular weight is 264 g/mol. The Morgan fingerprint density at radius 2 is 2.26 bits per heavy atom. The first-order chi connectivity index (χ1) is 9.06. The van der Waals surface area contributed by atoms with E-state index >= 15 is 0 Å². The number of rotatable bonds is 6. The number of nitrogens with one attached hydrogen (secondary N) is 1. The van der Waals surface area contributed by atoms with E-state index in [1.165, 1.54) is 18.2 Å². The molecule has 1 aromatic carbocycles. The van der Waals surface area contributed by atoms with Crippen molar-refractivity contribution >= 4 is 11.6 Å². The predicted molar refractivity (Wildman–Crippen MR) is 73.0 cm³/mol. The number of amides is 1. The highest BCUT2D eigenvalue weighted by Crippen LogP contribution is 2.48. The fourth-order valence-electron chi connectivity index (χ4n) is 2.11. The molecule has 0 unspecified atom stereocenters. The molecule has 0 heterocycles. The van der Waals surface area contributed by atoms with Gasteiger partial charge in [0.1, 0.15) is 5.75 Å². The SMILES string of the molecule is COCCC1(CNC(=O)c2cc(O)ccc2N)CC1. The van der Waals surface area contributed by atoms with Crippen LogP contribution in [-0.2, 0) is 4.74 Å². The lowest BCUT2D eigenvalue weighted by Gasteiger charge is -2.16. The van der Waals surface area contributed by atoms with Gasteiger partial charge in [-0.25, -0.2) is 0 Å². The van der Waals surface area contributed by atoms with Gasteiger partial charge in [0.2, 0.25) is 0 Å². The summed E-state index contributed by atoms with van der Waals surface area (Å²) in [6.07, 6.45) is 3.19. The number of methoxy groups -OCH3 is 1. The molecule has 5 heteroatoms. The molecule has 1 aromatic rings. The molecule has 1 amide bonds. The van der Waals surface area contributed by atoms with E-state index in [4.69, 9.17) is 10.5 Å². The van der Waals surface area contributed by atoms with Gasteiger partial charge in [-0.3, -0.25) is 4.79 Å². The van der Waals surface area contributed by atoms with Crippen molar-refractivity contribution in [1.82, 2.24) is 5.32 Å². The third kappa shape index (κ3) is 3.38. The Bertz CT molecular complexity index is 470. The zero-order chi connectivity index (χ0) is 13.9. The second-order valence-corrected chi connectivity index (χ2v) is 5.20. The van der Waals surface area contributed by atoms with Crippen molar-refractivity contribution in [2.75, 3.05) is 26.0 Å². The van der Waals surface area contributed by atoms with Crippen LogP contribution in [0.4, 0.5) is 5.69 Å². The second-order valence-electron chi connectivity index (χ2n) is 5.20. The number of carbonyl (C=O) groups is 1. The Morgan fingerprint density at radius 3 is 2.89 bits per heavy atom. The summed E-state index contributed by atoms with van der Waals surface area (Å²) in [5.74, 6) is -0.197. The van der Waals surface area contributed by atoms with E-state index in [0.29, 0.717) is 24.4 Å². The highest BCUT2D eigenvalue weighted by atomic mass is 16.5. The van der Waals surface area contributed by atoms with Gasteiger partial charge in [0.25, 0.3) is 5.91 Å². The second kappa shape index (κ2) is 5.48. The molecule has 0 saturated heterocycles. The van der Waals surface area contributed by atoms with E-state index in [1.807, 2.05) is 0 Å². The third-order valence-electron chi connectivity index (χ3n) is 3.70. The molecular weight excluding hydrogens is 244 g/mol. The molecule has 0 atom stereocenters. The van der Waals surface area contributed by atoms with Gasteiger partial charge in [-0.2, -0.15) is 0 Å². The standard InChI is InChI=1S/C14H20N2O3/c1-19-7-6-14(4-5-14)9-16-13(18)11-8-10(17)2-3-12(11)15/h2-3,8,17H,4-7,9,15H2,1H3,(H,16,18). The number of phenols is 1. The van der Waals surface area contributed by atoms with Crippen molar-refractivity contribution in [1.29, 1.82) is 0 Å². The van der Waals surface area contributed by atoms with Gasteiger partial charge in [-0.05, 0) is 42.9 Å². The fraction of sp³-hybridized carbons (Fsp3) is 0.500. The highest BCUT2D eigenvalue weighted by Gasteiger charge is 2.42. The minimum atomic E-state index is -0.239. The van der Waals surface area contributed by atoms with Crippen molar-refractivity contribution in [3.63, 3.8) is 0 Å². The number of carbonyl (C=O) groups excluding carboxylic acids is 1. The number of aromatic hydroxyl groups is 1. The van der Waals surface area contributed by atoms with Crippen LogP contribution in [0.15, 0.2) is 18.2 Å². The normalized spacial score (nSPS) is 16.1. The molecule has 2 rings (SSSR count). The summed E-state index contributed by atoms with van der Waals surface area (Å²) >= 11 is 0. The van der Waals surface area contributed by atoms with E-state index in [0.717, 1.165) is 19.3 Å². The zero-order valence-electron chi connectivity index (χ0n) is 11.1. The minimum absolute atomic E-state index is 0.0415. The molecular formula is C14H20N2O3. The summed E-state index contributed by atoms with van der Waals surface area (Å²) in [6, 6.07) is 4.38. The Kier molecular flexibility index (Phi) is 3.95. The Balaban J connectivity index is 1.93. The summed E-state index contributed by atoms with van der Waals surface area (Å²) in [5.41, 5.74) is 6.62. The molecule has 0 bridgehead atoms. The highest BCUT2D eigenvalue weighted by molar-refractivity contribution is 5.99. The number of hydrogen-bond acceptors (Lipinski definition) is 4. The molecule has 1 fully saturated rings. The van der Waals surface area contributed by atoms with Crippen molar-refractivity contribution in [2.45, 2.75) is 19.3 Å². The Morgan fingerprint density at radius 1 is 1.53 bits per heavy atom. The lowest BCUT2D eigenvalue weighted by atomic mass is 10.0. The minimum Gasteiger partial charge on any atom is -0.508 e. The number of hydrogen-bond donors (Lipinski definition) is 3. The lowest BCUT2D eigenvalue weighted by Crippen LogP contribution is -2.31. The van der Waals surface area contributed by atoms with Crippen LogP contribution in [0.25, 0.3) is 0 Å². The zero-order valence-corrected chi connectivity index (χ0v) is 11.1. The molecule has 0 aromatic heterocycles. The van der Waals surface area contributed by atoms with Crippen LogP contribution < -0.4 is 11.1 Å². The molecule has 0 radical (unpaired) electrons. The number of phenolic OH excluding ortho intramolecular Hbond substituents is 1. The molecule has 1 aliphatic carbocycles. The molecule has 1 aliphatic rings. The van der Waals surface area contributed by atoms with E-state index in [1.54, 1.807) is 7.11 Å². The van der Waals surface area contributed by atoms with Crippen LogP contribution in [0.5, 0.6) is 5.75 Å². The van der Waals surface area contributed by atoms with Crippen LogP contribution in [0.1, 0.15) is 29.6 Å². The molecule has 19 heavy (non-hydrogen) atoms. The first-order valence-corrected chi connectivity index (χ1v) is 6.42. The van der Waals surface area contributed by atoms with Gasteiger partial charge in [-0.1, -0.05) is 0 Å². The van der Waals surface area contributed by atoms with Gasteiger partial charge in [0.05, 0.1) is 5.56 Å². The largest absolute Gasteiger partial charge is 0.508 e. The molecule has 5 nitrogen and oxygen atoms in total. The monoisotopic (exact) mass is 264 g/mol. The van der Waals surface area contributed by atoms with Crippen LogP contribution in [0, 0.1) is 5.41 Å². The van der Waals surface area contributed by atoms with Crippen LogP contribution in [-0.4, -0.2) is 31.3 Å². The molecule has 0 aliphatic heterocycles. The van der Waals surface area contributed by atoms with Crippen LogP contribution >= 0.6 is 0 Å². The number of anilines is 1. The van der Waals surface area contributed by atoms with E-state index < -0.39 is 0 Å². The lowest BCUT2D eigenvalue weighted by molar-refractivity contribution is 0.0938. The van der Waals surface area contributed by atoms with Crippen molar-refractivity contribution in [3.8, 4) is 5.75 Å². The summed E-state index contributed by atoms with van der Waals surface area (Å²) in [5, 5.41) is 12.3. The number of nitrogen functional groups attached to an aromatic ring is 1.